The molecule has 7 heteroatoms. The van der Waals surface area contributed by atoms with Crippen LogP contribution in [0.25, 0.3) is 0 Å². The summed E-state index contributed by atoms with van der Waals surface area (Å²) >= 11 is 0. The largest absolute Gasteiger partial charge is 0.462 e. The van der Waals surface area contributed by atoms with Crippen molar-refractivity contribution in [3.63, 3.8) is 0 Å². The van der Waals surface area contributed by atoms with Gasteiger partial charge in [-0.25, -0.2) is 14.0 Å². The molecule has 0 spiro atoms. The third-order valence-corrected chi connectivity index (χ3v) is 3.91. The Hall–Kier alpha value is -2.96. The Morgan fingerprint density at radius 3 is 2.42 bits per heavy atom. The second kappa shape index (κ2) is 7.95. The molecule has 26 heavy (non-hydrogen) atoms. The van der Waals surface area contributed by atoms with Crippen molar-refractivity contribution in [1.82, 2.24) is 4.98 Å². The minimum absolute atomic E-state index is 0.152. The van der Waals surface area contributed by atoms with Crippen molar-refractivity contribution in [2.24, 2.45) is 0 Å². The fourth-order valence-electron chi connectivity index (χ4n) is 2.61. The van der Waals surface area contributed by atoms with Gasteiger partial charge in [0.05, 0.1) is 23.4 Å². The van der Waals surface area contributed by atoms with Crippen LogP contribution in [0.1, 0.15) is 56.3 Å². The number of halogens is 1. The first-order valence-electron chi connectivity index (χ1n) is 8.13. The molecule has 0 fully saturated rings. The Labute approximate surface area is 150 Å². The van der Waals surface area contributed by atoms with Crippen LogP contribution in [-0.4, -0.2) is 35.4 Å². The molecule has 0 saturated carbocycles. The highest BCUT2D eigenvalue weighted by molar-refractivity contribution is 6.04. The number of ether oxygens (including phenoxy) is 2. The van der Waals surface area contributed by atoms with E-state index in [2.05, 4.69) is 4.98 Å². The van der Waals surface area contributed by atoms with E-state index in [1.807, 2.05) is 0 Å². The zero-order valence-electron chi connectivity index (χ0n) is 15.0. The van der Waals surface area contributed by atoms with Gasteiger partial charge in [0.15, 0.2) is 6.10 Å². The fraction of sp³-hybridized carbons (Fsp3) is 0.316. The summed E-state index contributed by atoms with van der Waals surface area (Å²) < 4.78 is 23.7. The van der Waals surface area contributed by atoms with E-state index in [9.17, 15) is 18.8 Å². The Bertz CT molecular complexity index is 856. The van der Waals surface area contributed by atoms with E-state index >= 15 is 0 Å². The van der Waals surface area contributed by atoms with Crippen LogP contribution in [0.15, 0.2) is 24.3 Å². The Morgan fingerprint density at radius 1 is 1.15 bits per heavy atom. The van der Waals surface area contributed by atoms with Crippen molar-refractivity contribution in [3.8, 4) is 0 Å². The molecule has 0 saturated heterocycles. The minimum atomic E-state index is -1.16. The molecule has 2 aromatic rings. The van der Waals surface area contributed by atoms with Gasteiger partial charge in [0, 0.05) is 5.69 Å². The van der Waals surface area contributed by atoms with Gasteiger partial charge in [-0.05, 0) is 45.4 Å². The molecule has 1 aromatic carbocycles. The molecular weight excluding hydrogens is 341 g/mol. The molecule has 2 rings (SSSR count). The number of carbonyl (C=O) groups excluding carboxylic acids is 3. The molecule has 1 atom stereocenters. The third-order valence-electron chi connectivity index (χ3n) is 3.91. The maximum Gasteiger partial charge on any atom is 0.341 e. The van der Waals surface area contributed by atoms with Crippen molar-refractivity contribution < 1.29 is 28.2 Å². The number of hydrogen-bond acceptors (Lipinski definition) is 5. The van der Waals surface area contributed by atoms with Crippen LogP contribution in [0.2, 0.25) is 0 Å². The molecule has 1 heterocycles. The number of carbonyl (C=O) groups is 3. The number of Topliss-reactive ketones (excluding diaryl/α,β-unsaturated/α-hetero) is 1. The molecule has 0 aliphatic heterocycles. The summed E-state index contributed by atoms with van der Waals surface area (Å²) in [5.41, 5.74) is 1.08. The number of benzene rings is 1. The van der Waals surface area contributed by atoms with Crippen molar-refractivity contribution in [1.29, 1.82) is 0 Å². The van der Waals surface area contributed by atoms with Crippen LogP contribution >= 0.6 is 0 Å². The summed E-state index contributed by atoms with van der Waals surface area (Å²) in [5.74, 6) is -2.72. The van der Waals surface area contributed by atoms with Crippen LogP contribution in [0.3, 0.4) is 0 Å². The van der Waals surface area contributed by atoms with Crippen molar-refractivity contribution in [2.75, 3.05) is 6.61 Å². The van der Waals surface area contributed by atoms with Crippen LogP contribution in [0.5, 0.6) is 0 Å². The van der Waals surface area contributed by atoms with Crippen LogP contribution in [-0.2, 0) is 9.47 Å². The quantitative estimate of drug-likeness (QED) is 0.630. The lowest BCUT2D eigenvalue weighted by atomic mass is 10.1. The second-order valence-corrected chi connectivity index (χ2v) is 5.74. The summed E-state index contributed by atoms with van der Waals surface area (Å²) in [6.45, 7) is 6.54. The van der Waals surface area contributed by atoms with Gasteiger partial charge in [-0.2, -0.15) is 0 Å². The average molecular weight is 361 g/mol. The third kappa shape index (κ3) is 3.82. The van der Waals surface area contributed by atoms with Gasteiger partial charge in [-0.3, -0.25) is 4.79 Å². The highest BCUT2D eigenvalue weighted by atomic mass is 19.1. The molecule has 138 valence electrons. The molecule has 6 nitrogen and oxygen atoms in total. The monoisotopic (exact) mass is 361 g/mol. The van der Waals surface area contributed by atoms with Crippen LogP contribution in [0.4, 0.5) is 4.39 Å². The highest BCUT2D eigenvalue weighted by Gasteiger charge is 2.28. The molecule has 0 aliphatic rings. The van der Waals surface area contributed by atoms with E-state index < -0.39 is 29.6 Å². The first kappa shape index (κ1) is 19.4. The minimum Gasteiger partial charge on any atom is -0.462 e. The van der Waals surface area contributed by atoms with Gasteiger partial charge in [-0.15, -0.1) is 0 Å². The lowest BCUT2D eigenvalue weighted by Crippen LogP contribution is -2.25. The molecule has 0 radical (unpaired) electrons. The zero-order valence-corrected chi connectivity index (χ0v) is 15.0. The maximum absolute atomic E-state index is 13.7. The van der Waals surface area contributed by atoms with Crippen molar-refractivity contribution in [3.05, 3.63) is 58.2 Å². The van der Waals surface area contributed by atoms with Gasteiger partial charge in [0.1, 0.15) is 5.82 Å². The number of H-pyrrole nitrogens is 1. The lowest BCUT2D eigenvalue weighted by Gasteiger charge is -2.12. The van der Waals surface area contributed by atoms with Crippen LogP contribution in [0, 0.1) is 19.7 Å². The molecule has 0 bridgehead atoms. The molecule has 0 aliphatic carbocycles. The van der Waals surface area contributed by atoms with E-state index in [0.717, 1.165) is 6.07 Å². The number of nitrogens with one attached hydrogen (secondary N) is 1. The highest BCUT2D eigenvalue weighted by Crippen LogP contribution is 2.21. The zero-order chi connectivity index (χ0) is 19.4. The summed E-state index contributed by atoms with van der Waals surface area (Å²) in [7, 11) is 0. The number of aromatic amines is 1. The van der Waals surface area contributed by atoms with E-state index in [4.69, 9.17) is 9.47 Å². The van der Waals surface area contributed by atoms with Crippen molar-refractivity contribution >= 4 is 17.7 Å². The number of esters is 2. The number of ketones is 1. The molecule has 0 amide bonds. The van der Waals surface area contributed by atoms with E-state index in [0.29, 0.717) is 11.3 Å². The number of aromatic nitrogens is 1. The van der Waals surface area contributed by atoms with E-state index in [-0.39, 0.29) is 23.4 Å². The van der Waals surface area contributed by atoms with Gasteiger partial charge >= 0.3 is 11.9 Å². The molecule has 1 aromatic heterocycles. The Kier molecular flexibility index (Phi) is 5.92. The molecular formula is C19H20FNO5. The van der Waals surface area contributed by atoms with Gasteiger partial charge in [0.2, 0.25) is 5.78 Å². The van der Waals surface area contributed by atoms with E-state index in [1.165, 1.54) is 25.1 Å². The smallest absolute Gasteiger partial charge is 0.341 e. The van der Waals surface area contributed by atoms with Gasteiger partial charge in [-0.1, -0.05) is 12.1 Å². The fourth-order valence-corrected chi connectivity index (χ4v) is 2.61. The summed E-state index contributed by atoms with van der Waals surface area (Å²) in [4.78, 5) is 39.5. The first-order chi connectivity index (χ1) is 12.3. The SMILES string of the molecule is CCOC(=O)c1c(C)[nH]c(C(=O)[C@@H](C)OC(=O)c2ccccc2F)c1C. The van der Waals surface area contributed by atoms with Gasteiger partial charge in [0.25, 0.3) is 0 Å². The number of aryl methyl sites for hydroxylation is 1. The summed E-state index contributed by atoms with van der Waals surface area (Å²) in [5, 5.41) is 0. The maximum atomic E-state index is 13.7. The van der Waals surface area contributed by atoms with E-state index in [1.54, 1.807) is 20.8 Å². The Morgan fingerprint density at radius 2 is 1.81 bits per heavy atom. The predicted octanol–water partition coefficient (Wildman–Crippen LogP) is 3.38. The number of rotatable bonds is 6. The molecule has 0 unspecified atom stereocenters. The topological polar surface area (TPSA) is 85.5 Å². The second-order valence-electron chi connectivity index (χ2n) is 5.74. The summed E-state index contributed by atoms with van der Waals surface area (Å²) in [6, 6.07) is 5.35. The molecule has 1 N–H and O–H groups in total. The van der Waals surface area contributed by atoms with Gasteiger partial charge < -0.3 is 14.5 Å². The van der Waals surface area contributed by atoms with Crippen LogP contribution < -0.4 is 0 Å². The normalized spacial score (nSPS) is 11.7. The Balaban J connectivity index is 2.21. The predicted molar refractivity (Wildman–Crippen MR) is 91.8 cm³/mol. The average Bonchev–Trinajstić information content (AvgIpc) is 2.89. The standard InChI is InChI=1S/C19H20FNO5/c1-5-25-19(24)15-10(2)16(21-11(15)3)17(22)12(4)26-18(23)13-8-6-7-9-14(13)20/h6-9,12,21H,5H2,1-4H3/t12-/m1/s1. The number of hydrogen-bond donors (Lipinski definition) is 1. The lowest BCUT2D eigenvalue weighted by molar-refractivity contribution is 0.0312. The summed E-state index contributed by atoms with van der Waals surface area (Å²) in [6.07, 6.45) is -1.16. The van der Waals surface area contributed by atoms with Crippen molar-refractivity contribution in [2.45, 2.75) is 33.8 Å². The first-order valence-corrected chi connectivity index (χ1v) is 8.13.